The van der Waals surface area contributed by atoms with Crippen molar-refractivity contribution in [2.24, 2.45) is 0 Å². The molecular formula is C12H15N3OS. The molecule has 0 atom stereocenters. The van der Waals surface area contributed by atoms with E-state index >= 15 is 0 Å². The number of hydrogen-bond donors (Lipinski definition) is 2. The van der Waals surface area contributed by atoms with Crippen LogP contribution in [0.25, 0.3) is 0 Å². The highest BCUT2D eigenvalue weighted by molar-refractivity contribution is 7.11. The van der Waals surface area contributed by atoms with Crippen molar-refractivity contribution < 1.29 is 4.74 Å². The number of nitrogens with zero attached hydrogens (tertiary/aromatic N) is 1. The number of hydrogen-bond acceptors (Lipinski definition) is 5. The lowest BCUT2D eigenvalue weighted by atomic mass is 10.2. The average Bonchev–Trinajstić information content (AvgIpc) is 2.73. The third kappa shape index (κ3) is 2.88. The lowest BCUT2D eigenvalue weighted by Crippen LogP contribution is -2.01. The summed E-state index contributed by atoms with van der Waals surface area (Å²) < 4.78 is 5.10. The topological polar surface area (TPSA) is 60.2 Å². The fourth-order valence-electron chi connectivity index (χ4n) is 1.50. The molecule has 0 aliphatic heterocycles. The highest BCUT2D eigenvalue weighted by Gasteiger charge is 2.02. The molecule has 17 heavy (non-hydrogen) atoms. The molecule has 5 heteroatoms. The van der Waals surface area contributed by atoms with Crippen LogP contribution >= 0.6 is 11.3 Å². The first kappa shape index (κ1) is 11.7. The Hall–Kier alpha value is -1.75. The number of methoxy groups -OCH3 is 1. The number of thiazole rings is 1. The summed E-state index contributed by atoms with van der Waals surface area (Å²) in [6.07, 6.45) is 1.88. The fourth-order valence-corrected chi connectivity index (χ4v) is 2.23. The Morgan fingerprint density at radius 3 is 2.88 bits per heavy atom. The number of rotatable bonds is 4. The second kappa shape index (κ2) is 5.05. The number of nitrogens with one attached hydrogen (secondary N) is 1. The molecule has 1 heterocycles. The van der Waals surface area contributed by atoms with Gasteiger partial charge in [0.15, 0.2) is 0 Å². The number of nitrogens with two attached hydrogens (primary N) is 1. The van der Waals surface area contributed by atoms with E-state index in [1.807, 2.05) is 25.3 Å². The monoisotopic (exact) mass is 249 g/mol. The minimum Gasteiger partial charge on any atom is -0.497 e. The van der Waals surface area contributed by atoms with Crippen molar-refractivity contribution in [3.8, 4) is 5.75 Å². The molecule has 3 N–H and O–H groups in total. The molecule has 0 aliphatic carbocycles. The van der Waals surface area contributed by atoms with Crippen LogP contribution in [0.1, 0.15) is 9.88 Å². The second-order valence-corrected chi connectivity index (χ2v) is 4.97. The van der Waals surface area contributed by atoms with Crippen molar-refractivity contribution in [2.45, 2.75) is 13.5 Å². The molecule has 0 amide bonds. The summed E-state index contributed by atoms with van der Waals surface area (Å²) in [5.41, 5.74) is 7.51. The van der Waals surface area contributed by atoms with Gasteiger partial charge >= 0.3 is 0 Å². The van der Waals surface area contributed by atoms with E-state index in [0.717, 1.165) is 23.0 Å². The lowest BCUT2D eigenvalue weighted by molar-refractivity contribution is 0.415. The summed E-state index contributed by atoms with van der Waals surface area (Å²) in [5.74, 6) is 0.765. The van der Waals surface area contributed by atoms with Gasteiger partial charge < -0.3 is 15.8 Å². The van der Waals surface area contributed by atoms with Gasteiger partial charge in [-0.15, -0.1) is 11.3 Å². The van der Waals surface area contributed by atoms with Crippen molar-refractivity contribution in [2.75, 3.05) is 18.2 Å². The van der Waals surface area contributed by atoms with Crippen LogP contribution in [-0.2, 0) is 6.54 Å². The van der Waals surface area contributed by atoms with E-state index in [1.54, 1.807) is 24.5 Å². The maximum absolute atomic E-state index is 5.91. The fraction of sp³-hybridized carbons (Fsp3) is 0.250. The molecule has 2 rings (SSSR count). The molecular weight excluding hydrogens is 234 g/mol. The molecule has 4 nitrogen and oxygen atoms in total. The molecule has 0 saturated heterocycles. The van der Waals surface area contributed by atoms with Crippen molar-refractivity contribution in [1.29, 1.82) is 0 Å². The number of benzene rings is 1. The van der Waals surface area contributed by atoms with Gasteiger partial charge in [0.25, 0.3) is 0 Å². The number of aromatic nitrogens is 1. The Labute approximate surface area is 104 Å². The van der Waals surface area contributed by atoms with Gasteiger partial charge in [-0.05, 0) is 19.1 Å². The van der Waals surface area contributed by atoms with Crippen molar-refractivity contribution >= 4 is 22.7 Å². The summed E-state index contributed by atoms with van der Waals surface area (Å²) in [7, 11) is 1.63. The third-order valence-corrected chi connectivity index (χ3v) is 3.29. The first-order valence-electron chi connectivity index (χ1n) is 5.27. The zero-order valence-electron chi connectivity index (χ0n) is 9.86. The van der Waals surface area contributed by atoms with Gasteiger partial charge in [0.05, 0.1) is 30.0 Å². The van der Waals surface area contributed by atoms with Crippen molar-refractivity contribution in [1.82, 2.24) is 4.98 Å². The van der Waals surface area contributed by atoms with Crippen LogP contribution in [0, 0.1) is 6.92 Å². The van der Waals surface area contributed by atoms with Crippen LogP contribution in [0.4, 0.5) is 11.4 Å². The van der Waals surface area contributed by atoms with Gasteiger partial charge in [0.1, 0.15) is 5.75 Å². The normalized spacial score (nSPS) is 10.2. The molecule has 0 spiro atoms. The van der Waals surface area contributed by atoms with E-state index in [0.29, 0.717) is 5.69 Å². The Morgan fingerprint density at radius 2 is 2.29 bits per heavy atom. The highest BCUT2D eigenvalue weighted by atomic mass is 32.1. The third-order valence-electron chi connectivity index (χ3n) is 2.38. The van der Waals surface area contributed by atoms with Gasteiger partial charge in [0.2, 0.25) is 0 Å². The summed E-state index contributed by atoms with van der Waals surface area (Å²) in [5, 5.41) is 4.36. The molecule has 0 fully saturated rings. The van der Waals surface area contributed by atoms with Gasteiger partial charge in [-0.25, -0.2) is 4.98 Å². The van der Waals surface area contributed by atoms with Gasteiger partial charge in [-0.1, -0.05) is 0 Å². The lowest BCUT2D eigenvalue weighted by Gasteiger charge is -2.09. The average molecular weight is 249 g/mol. The summed E-state index contributed by atoms with van der Waals surface area (Å²) >= 11 is 1.68. The number of nitrogen functional groups attached to an aromatic ring is 1. The number of ether oxygens (including phenoxy) is 1. The molecule has 90 valence electrons. The summed E-state index contributed by atoms with van der Waals surface area (Å²) in [6.45, 7) is 2.73. The highest BCUT2D eigenvalue weighted by Crippen LogP contribution is 2.25. The molecule has 2 aromatic rings. The van der Waals surface area contributed by atoms with Gasteiger partial charge in [-0.3, -0.25) is 0 Å². The van der Waals surface area contributed by atoms with Crippen LogP contribution in [0.5, 0.6) is 5.75 Å². The van der Waals surface area contributed by atoms with Crippen LogP contribution in [0.3, 0.4) is 0 Å². The Kier molecular flexibility index (Phi) is 3.49. The molecule has 1 aromatic heterocycles. The Balaban J connectivity index is 2.04. The molecule has 0 unspecified atom stereocenters. The number of aryl methyl sites for hydroxylation is 1. The molecule has 0 aliphatic rings. The van der Waals surface area contributed by atoms with E-state index in [1.165, 1.54) is 4.88 Å². The van der Waals surface area contributed by atoms with E-state index < -0.39 is 0 Å². The van der Waals surface area contributed by atoms with E-state index in [4.69, 9.17) is 10.5 Å². The SMILES string of the molecule is COc1ccc(NCc2cnc(C)s2)c(N)c1. The molecule has 0 saturated carbocycles. The van der Waals surface area contributed by atoms with Crippen LogP contribution in [0.15, 0.2) is 24.4 Å². The smallest absolute Gasteiger partial charge is 0.121 e. The van der Waals surface area contributed by atoms with Gasteiger partial charge in [0, 0.05) is 17.1 Å². The summed E-state index contributed by atoms with van der Waals surface area (Å²) in [4.78, 5) is 5.40. The zero-order chi connectivity index (χ0) is 12.3. The van der Waals surface area contributed by atoms with Crippen LogP contribution in [0.2, 0.25) is 0 Å². The summed E-state index contributed by atoms with van der Waals surface area (Å²) in [6, 6.07) is 5.61. The Bertz CT molecular complexity index is 510. The van der Waals surface area contributed by atoms with Crippen molar-refractivity contribution in [3.05, 3.63) is 34.3 Å². The largest absolute Gasteiger partial charge is 0.497 e. The number of anilines is 2. The van der Waals surface area contributed by atoms with Crippen LogP contribution < -0.4 is 15.8 Å². The maximum atomic E-state index is 5.91. The Morgan fingerprint density at radius 1 is 1.47 bits per heavy atom. The molecule has 0 radical (unpaired) electrons. The zero-order valence-corrected chi connectivity index (χ0v) is 10.7. The predicted octanol–water partition coefficient (Wildman–Crippen LogP) is 2.65. The van der Waals surface area contributed by atoms with E-state index in [-0.39, 0.29) is 0 Å². The minimum absolute atomic E-state index is 0.686. The standard InChI is InChI=1S/C12H15N3OS/c1-8-14-6-10(17-8)7-15-12-4-3-9(16-2)5-11(12)13/h3-6,15H,7,13H2,1-2H3. The molecule has 0 bridgehead atoms. The maximum Gasteiger partial charge on any atom is 0.121 e. The van der Waals surface area contributed by atoms with Crippen molar-refractivity contribution in [3.63, 3.8) is 0 Å². The van der Waals surface area contributed by atoms with Crippen LogP contribution in [-0.4, -0.2) is 12.1 Å². The first-order chi connectivity index (χ1) is 8.19. The van der Waals surface area contributed by atoms with E-state index in [9.17, 15) is 0 Å². The minimum atomic E-state index is 0.686. The quantitative estimate of drug-likeness (QED) is 0.818. The second-order valence-electron chi connectivity index (χ2n) is 3.65. The van der Waals surface area contributed by atoms with E-state index in [2.05, 4.69) is 10.3 Å². The predicted molar refractivity (Wildman–Crippen MR) is 71.6 cm³/mol. The van der Waals surface area contributed by atoms with Gasteiger partial charge in [-0.2, -0.15) is 0 Å². The first-order valence-corrected chi connectivity index (χ1v) is 6.09. The molecule has 1 aromatic carbocycles.